The van der Waals surface area contributed by atoms with E-state index in [9.17, 15) is 13.2 Å². The van der Waals surface area contributed by atoms with Gasteiger partial charge in [-0.15, -0.1) is 0 Å². The van der Waals surface area contributed by atoms with Gasteiger partial charge in [0.25, 0.3) is 0 Å². The number of nitrogens with two attached hydrogens (primary N) is 2. The first-order valence-electron chi connectivity index (χ1n) is 5.29. The molecule has 0 amide bonds. The van der Waals surface area contributed by atoms with Crippen molar-refractivity contribution < 1.29 is 13.2 Å². The lowest BCUT2D eigenvalue weighted by molar-refractivity contribution is -0.141. The van der Waals surface area contributed by atoms with Gasteiger partial charge in [0.15, 0.2) is 0 Å². The largest absolute Gasteiger partial charge is 0.433 e. The summed E-state index contributed by atoms with van der Waals surface area (Å²) in [5, 5.41) is 0. The average molecular weight is 246 g/mol. The van der Waals surface area contributed by atoms with E-state index in [1.807, 2.05) is 0 Å². The highest BCUT2D eigenvalue weighted by Gasteiger charge is 2.36. The maximum atomic E-state index is 12.5. The van der Waals surface area contributed by atoms with E-state index in [1.54, 1.807) is 0 Å². The van der Waals surface area contributed by atoms with Gasteiger partial charge in [-0.1, -0.05) is 0 Å². The van der Waals surface area contributed by atoms with Crippen LogP contribution in [0.4, 0.5) is 13.2 Å². The number of rotatable bonds is 1. The van der Waals surface area contributed by atoms with Crippen LogP contribution in [0, 0.1) is 0 Å². The van der Waals surface area contributed by atoms with Crippen LogP contribution in [0.3, 0.4) is 0 Å². The molecule has 0 aromatic carbocycles. The van der Waals surface area contributed by atoms with Crippen LogP contribution >= 0.6 is 0 Å². The zero-order valence-corrected chi connectivity index (χ0v) is 8.98. The van der Waals surface area contributed by atoms with E-state index in [1.165, 1.54) is 0 Å². The Hall–Kier alpha value is -1.21. The highest BCUT2D eigenvalue weighted by Crippen LogP contribution is 2.33. The molecule has 7 heteroatoms. The van der Waals surface area contributed by atoms with E-state index >= 15 is 0 Å². The number of halogens is 3. The molecule has 94 valence electrons. The lowest BCUT2D eigenvalue weighted by atomic mass is 10.0. The summed E-state index contributed by atoms with van der Waals surface area (Å²) in [5.74, 6) is -0.146. The van der Waals surface area contributed by atoms with E-state index in [0.29, 0.717) is 12.8 Å². The minimum Gasteiger partial charge on any atom is -0.328 e. The van der Waals surface area contributed by atoms with Crippen molar-refractivity contribution in [2.24, 2.45) is 11.5 Å². The molecular weight excluding hydrogens is 233 g/mol. The lowest BCUT2D eigenvalue weighted by Gasteiger charge is -2.14. The standard InChI is InChI=1S/C10H13F3N4/c11-10(12,13)8-1-2-16-9(17-8)6-3-5(14)4-7(6)15/h1-2,5-7H,3-4,14-15H2. The van der Waals surface area contributed by atoms with Gasteiger partial charge in [-0.3, -0.25) is 0 Å². The molecular formula is C10H13F3N4. The highest BCUT2D eigenvalue weighted by molar-refractivity contribution is 5.13. The van der Waals surface area contributed by atoms with Crippen LogP contribution in [0.25, 0.3) is 0 Å². The third-order valence-corrected chi connectivity index (χ3v) is 2.94. The van der Waals surface area contributed by atoms with E-state index in [0.717, 1.165) is 12.3 Å². The summed E-state index contributed by atoms with van der Waals surface area (Å²) in [6, 6.07) is 0.491. The molecule has 3 unspecified atom stereocenters. The Bertz CT molecular complexity index is 407. The van der Waals surface area contributed by atoms with Crippen molar-refractivity contribution in [3.8, 4) is 0 Å². The molecule has 0 bridgehead atoms. The summed E-state index contributed by atoms with van der Waals surface area (Å²) in [7, 11) is 0. The molecule has 0 spiro atoms. The number of hydrogen-bond donors (Lipinski definition) is 2. The quantitative estimate of drug-likeness (QED) is 0.775. The van der Waals surface area contributed by atoms with E-state index in [-0.39, 0.29) is 23.8 Å². The van der Waals surface area contributed by atoms with E-state index < -0.39 is 11.9 Å². The fourth-order valence-electron chi connectivity index (χ4n) is 2.12. The van der Waals surface area contributed by atoms with Crippen molar-refractivity contribution in [3.63, 3.8) is 0 Å². The summed E-state index contributed by atoms with van der Waals surface area (Å²) in [4.78, 5) is 7.41. The smallest absolute Gasteiger partial charge is 0.328 e. The van der Waals surface area contributed by atoms with Crippen molar-refractivity contribution in [1.82, 2.24) is 9.97 Å². The van der Waals surface area contributed by atoms with Gasteiger partial charge in [0.05, 0.1) is 0 Å². The first-order valence-corrected chi connectivity index (χ1v) is 5.29. The fourth-order valence-corrected chi connectivity index (χ4v) is 2.12. The Balaban J connectivity index is 2.28. The van der Waals surface area contributed by atoms with Gasteiger partial charge >= 0.3 is 6.18 Å². The van der Waals surface area contributed by atoms with Crippen LogP contribution in [0.5, 0.6) is 0 Å². The van der Waals surface area contributed by atoms with Gasteiger partial charge in [0.1, 0.15) is 11.5 Å². The molecule has 1 fully saturated rings. The molecule has 1 heterocycles. The first-order chi connectivity index (χ1) is 7.88. The molecule has 4 nitrogen and oxygen atoms in total. The molecule has 2 rings (SSSR count). The van der Waals surface area contributed by atoms with Crippen molar-refractivity contribution in [3.05, 3.63) is 23.8 Å². The fraction of sp³-hybridized carbons (Fsp3) is 0.600. The lowest BCUT2D eigenvalue weighted by Crippen LogP contribution is -2.25. The third kappa shape index (κ3) is 2.55. The molecule has 0 radical (unpaired) electrons. The number of aromatic nitrogens is 2. The van der Waals surface area contributed by atoms with Crippen LogP contribution in [0.2, 0.25) is 0 Å². The predicted molar refractivity (Wildman–Crippen MR) is 55.0 cm³/mol. The molecule has 3 atom stereocenters. The van der Waals surface area contributed by atoms with Crippen molar-refractivity contribution in [1.29, 1.82) is 0 Å². The molecule has 17 heavy (non-hydrogen) atoms. The summed E-state index contributed by atoms with van der Waals surface area (Å²) in [6.07, 6.45) is -2.23. The molecule has 1 aromatic rings. The summed E-state index contributed by atoms with van der Waals surface area (Å²) in [5.41, 5.74) is 10.6. The summed E-state index contributed by atoms with van der Waals surface area (Å²) in [6.45, 7) is 0. The van der Waals surface area contributed by atoms with Gasteiger partial charge < -0.3 is 11.5 Å². The second kappa shape index (κ2) is 4.23. The number of alkyl halides is 3. The van der Waals surface area contributed by atoms with Crippen LogP contribution in [0.15, 0.2) is 12.3 Å². The zero-order valence-electron chi connectivity index (χ0n) is 8.98. The molecule has 4 N–H and O–H groups in total. The molecule has 1 saturated carbocycles. The maximum absolute atomic E-state index is 12.5. The van der Waals surface area contributed by atoms with Crippen LogP contribution in [-0.4, -0.2) is 22.1 Å². The Kier molecular flexibility index (Phi) is 3.05. The van der Waals surface area contributed by atoms with Crippen molar-refractivity contribution in [2.75, 3.05) is 0 Å². The van der Waals surface area contributed by atoms with Crippen LogP contribution in [-0.2, 0) is 6.18 Å². The Morgan fingerprint density at radius 3 is 2.47 bits per heavy atom. The molecule has 0 saturated heterocycles. The van der Waals surface area contributed by atoms with Crippen LogP contribution < -0.4 is 11.5 Å². The second-order valence-electron chi connectivity index (χ2n) is 4.30. The first kappa shape index (κ1) is 12.3. The Morgan fingerprint density at radius 1 is 1.24 bits per heavy atom. The zero-order chi connectivity index (χ0) is 12.6. The SMILES string of the molecule is NC1CC(N)C(c2nccc(C(F)(F)F)n2)C1. The molecule has 1 aliphatic rings. The van der Waals surface area contributed by atoms with E-state index in [2.05, 4.69) is 9.97 Å². The van der Waals surface area contributed by atoms with Gasteiger partial charge in [0, 0.05) is 24.2 Å². The molecule has 1 aromatic heterocycles. The van der Waals surface area contributed by atoms with Gasteiger partial charge in [-0.2, -0.15) is 13.2 Å². The van der Waals surface area contributed by atoms with Crippen molar-refractivity contribution >= 4 is 0 Å². The van der Waals surface area contributed by atoms with E-state index in [4.69, 9.17) is 11.5 Å². The highest BCUT2D eigenvalue weighted by atomic mass is 19.4. The molecule has 1 aliphatic carbocycles. The molecule has 0 aliphatic heterocycles. The summed E-state index contributed by atoms with van der Waals surface area (Å²) >= 11 is 0. The van der Waals surface area contributed by atoms with Gasteiger partial charge in [0.2, 0.25) is 0 Å². The maximum Gasteiger partial charge on any atom is 0.433 e. The minimum atomic E-state index is -4.46. The topological polar surface area (TPSA) is 77.8 Å². The van der Waals surface area contributed by atoms with Crippen molar-refractivity contribution in [2.45, 2.75) is 37.0 Å². The number of hydrogen-bond acceptors (Lipinski definition) is 4. The second-order valence-corrected chi connectivity index (χ2v) is 4.30. The summed E-state index contributed by atoms with van der Waals surface area (Å²) < 4.78 is 37.4. The van der Waals surface area contributed by atoms with Crippen LogP contribution in [0.1, 0.15) is 30.3 Å². The Morgan fingerprint density at radius 2 is 1.94 bits per heavy atom. The van der Waals surface area contributed by atoms with Gasteiger partial charge in [-0.25, -0.2) is 9.97 Å². The normalized spacial score (nSPS) is 29.6. The predicted octanol–water partition coefficient (Wildman–Crippen LogP) is 1.03. The number of nitrogens with zero attached hydrogens (tertiary/aromatic N) is 2. The van der Waals surface area contributed by atoms with Gasteiger partial charge in [-0.05, 0) is 18.9 Å². The average Bonchev–Trinajstić information content (AvgIpc) is 2.57. The minimum absolute atomic E-state index is 0.0897. The third-order valence-electron chi connectivity index (χ3n) is 2.94. The monoisotopic (exact) mass is 246 g/mol. The Labute approximate surface area is 96.2 Å².